The van der Waals surface area contributed by atoms with Gasteiger partial charge in [-0.05, 0) is 18.3 Å². The number of piperidine rings is 1. The Morgan fingerprint density at radius 1 is 1.14 bits per heavy atom. The van der Waals surface area contributed by atoms with Crippen molar-refractivity contribution in [3.8, 4) is 0 Å². The van der Waals surface area contributed by atoms with E-state index in [1.54, 1.807) is 0 Å². The van der Waals surface area contributed by atoms with Crippen LogP contribution in [0.2, 0.25) is 0 Å². The lowest BCUT2D eigenvalue weighted by Crippen LogP contribution is -2.66. The van der Waals surface area contributed by atoms with Crippen molar-refractivity contribution in [2.24, 2.45) is 5.41 Å². The molecule has 0 aromatic carbocycles. The maximum atomic E-state index is 5.23. The molecule has 1 spiro atoms. The summed E-state index contributed by atoms with van der Waals surface area (Å²) in [7, 11) is 0. The summed E-state index contributed by atoms with van der Waals surface area (Å²) in [5.74, 6) is 0. The van der Waals surface area contributed by atoms with Crippen molar-refractivity contribution >= 4 is 22.9 Å². The molecule has 14 heavy (non-hydrogen) atoms. The van der Waals surface area contributed by atoms with Crippen molar-refractivity contribution in [3.63, 3.8) is 0 Å². The number of hydrogen-bond acceptors (Lipinski definition) is 3. The number of rotatable bonds is 1. The van der Waals surface area contributed by atoms with E-state index in [9.17, 15) is 0 Å². The van der Waals surface area contributed by atoms with E-state index >= 15 is 0 Å². The molecule has 0 aromatic rings. The van der Waals surface area contributed by atoms with E-state index in [1.807, 2.05) is 0 Å². The van der Waals surface area contributed by atoms with Gasteiger partial charge in [0.05, 0.1) is 19.3 Å². The Bertz CT molecular complexity index is 216. The zero-order valence-corrected chi connectivity index (χ0v) is 10.6. The van der Waals surface area contributed by atoms with E-state index in [4.69, 9.17) is 4.74 Å². The van der Waals surface area contributed by atoms with Gasteiger partial charge in [-0.2, -0.15) is 0 Å². The van der Waals surface area contributed by atoms with Crippen molar-refractivity contribution in [3.05, 3.63) is 0 Å². The number of halogens is 1. The molecule has 3 nitrogen and oxygen atoms in total. The summed E-state index contributed by atoms with van der Waals surface area (Å²) in [5, 5.41) is 0. The molecule has 0 unspecified atom stereocenters. The highest BCUT2D eigenvalue weighted by Gasteiger charge is 2.47. The minimum Gasteiger partial charge on any atom is -0.378 e. The fraction of sp³-hybridized carbons (Fsp3) is 1.00. The SMILES string of the molecule is IN1CCC2(CC1)CN(C1COC1)C2. The van der Waals surface area contributed by atoms with E-state index < -0.39 is 0 Å². The second-order valence-corrected chi connectivity index (χ2v) is 6.37. The second kappa shape index (κ2) is 3.57. The number of hydrogen-bond donors (Lipinski definition) is 0. The third kappa shape index (κ3) is 1.60. The Labute approximate surface area is 99.3 Å². The van der Waals surface area contributed by atoms with Crippen LogP contribution in [0.4, 0.5) is 0 Å². The molecule has 0 atom stereocenters. The first-order valence-electron chi connectivity index (χ1n) is 5.50. The average Bonchev–Trinajstić information content (AvgIpc) is 2.03. The van der Waals surface area contributed by atoms with E-state index in [-0.39, 0.29) is 0 Å². The van der Waals surface area contributed by atoms with Gasteiger partial charge >= 0.3 is 0 Å². The van der Waals surface area contributed by atoms with Gasteiger partial charge in [0.25, 0.3) is 0 Å². The van der Waals surface area contributed by atoms with E-state index in [2.05, 4.69) is 30.9 Å². The smallest absolute Gasteiger partial charge is 0.0645 e. The largest absolute Gasteiger partial charge is 0.378 e. The van der Waals surface area contributed by atoms with Crippen molar-refractivity contribution in [1.29, 1.82) is 0 Å². The molecule has 0 N–H and O–H groups in total. The quantitative estimate of drug-likeness (QED) is 0.534. The number of likely N-dealkylation sites (tertiary alicyclic amines) is 1. The summed E-state index contributed by atoms with van der Waals surface area (Å²) < 4.78 is 7.66. The Morgan fingerprint density at radius 2 is 1.79 bits per heavy atom. The topological polar surface area (TPSA) is 15.7 Å². The lowest BCUT2D eigenvalue weighted by atomic mass is 9.71. The molecule has 3 rings (SSSR count). The Morgan fingerprint density at radius 3 is 2.29 bits per heavy atom. The summed E-state index contributed by atoms with van der Waals surface area (Å²) in [4.78, 5) is 2.62. The minimum atomic E-state index is 0.692. The van der Waals surface area contributed by atoms with Gasteiger partial charge < -0.3 is 4.74 Å². The molecular formula is C10H17IN2O. The normalized spacial score (nSPS) is 34.1. The van der Waals surface area contributed by atoms with Gasteiger partial charge in [-0.1, -0.05) is 0 Å². The maximum Gasteiger partial charge on any atom is 0.0645 e. The lowest BCUT2D eigenvalue weighted by Gasteiger charge is -2.57. The van der Waals surface area contributed by atoms with Gasteiger partial charge in [-0.3, -0.25) is 4.90 Å². The van der Waals surface area contributed by atoms with Crippen LogP contribution in [-0.2, 0) is 4.74 Å². The van der Waals surface area contributed by atoms with Gasteiger partial charge in [-0.15, -0.1) is 0 Å². The number of nitrogens with zero attached hydrogens (tertiary/aromatic N) is 2. The van der Waals surface area contributed by atoms with Gasteiger partial charge in [-0.25, -0.2) is 3.11 Å². The molecule has 0 saturated carbocycles. The van der Waals surface area contributed by atoms with Crippen LogP contribution in [0.25, 0.3) is 0 Å². The first-order valence-corrected chi connectivity index (χ1v) is 6.47. The van der Waals surface area contributed by atoms with E-state index in [1.165, 1.54) is 39.0 Å². The molecule has 0 aliphatic carbocycles. The van der Waals surface area contributed by atoms with Gasteiger partial charge in [0.1, 0.15) is 0 Å². The highest BCUT2D eigenvalue weighted by Crippen LogP contribution is 2.42. The van der Waals surface area contributed by atoms with Crippen LogP contribution in [-0.4, -0.2) is 53.4 Å². The summed E-state index contributed by atoms with van der Waals surface area (Å²) >= 11 is 2.45. The standard InChI is InChI=1S/C10H17IN2O/c11-13-3-1-10(2-4-13)7-12(8-10)9-5-14-6-9/h9H,1-8H2. The van der Waals surface area contributed by atoms with Gasteiger partial charge in [0.2, 0.25) is 0 Å². The van der Waals surface area contributed by atoms with Crippen molar-refractivity contribution in [1.82, 2.24) is 8.01 Å². The van der Waals surface area contributed by atoms with Crippen molar-refractivity contribution in [2.45, 2.75) is 18.9 Å². The Hall–Kier alpha value is 0.610. The molecule has 0 amide bonds. The minimum absolute atomic E-state index is 0.692. The monoisotopic (exact) mass is 308 g/mol. The van der Waals surface area contributed by atoms with Crippen LogP contribution < -0.4 is 0 Å². The van der Waals surface area contributed by atoms with Gasteiger partial charge in [0.15, 0.2) is 0 Å². The van der Waals surface area contributed by atoms with Crippen LogP contribution in [0, 0.1) is 5.41 Å². The first kappa shape index (κ1) is 9.81. The van der Waals surface area contributed by atoms with Crippen molar-refractivity contribution < 1.29 is 4.74 Å². The third-order valence-electron chi connectivity index (χ3n) is 3.98. The summed E-state index contributed by atoms with van der Waals surface area (Å²) in [6.45, 7) is 7.21. The molecule has 0 bridgehead atoms. The zero-order chi connectivity index (χ0) is 9.60. The van der Waals surface area contributed by atoms with E-state index in [0.29, 0.717) is 5.41 Å². The molecule has 3 fully saturated rings. The first-order chi connectivity index (χ1) is 6.77. The predicted molar refractivity (Wildman–Crippen MR) is 63.4 cm³/mol. The lowest BCUT2D eigenvalue weighted by molar-refractivity contribution is -0.140. The predicted octanol–water partition coefficient (Wildman–Crippen LogP) is 1.13. The molecule has 0 radical (unpaired) electrons. The molecule has 4 heteroatoms. The molecule has 0 aromatic heterocycles. The second-order valence-electron chi connectivity index (χ2n) is 5.01. The van der Waals surface area contributed by atoms with Crippen LogP contribution in [0.15, 0.2) is 0 Å². The van der Waals surface area contributed by atoms with Gasteiger partial charge in [0, 0.05) is 49.0 Å². The summed E-state index contributed by atoms with van der Waals surface area (Å²) in [6, 6.07) is 0.762. The molecule has 3 aliphatic rings. The molecule has 80 valence electrons. The fourth-order valence-corrected chi connectivity index (χ4v) is 3.26. The summed E-state index contributed by atoms with van der Waals surface area (Å²) in [5.41, 5.74) is 0.692. The molecule has 3 heterocycles. The highest BCUT2D eigenvalue weighted by atomic mass is 127. The van der Waals surface area contributed by atoms with Crippen LogP contribution in [0.5, 0.6) is 0 Å². The third-order valence-corrected chi connectivity index (χ3v) is 4.95. The zero-order valence-electron chi connectivity index (χ0n) is 8.41. The molecule has 3 aliphatic heterocycles. The van der Waals surface area contributed by atoms with Crippen molar-refractivity contribution in [2.75, 3.05) is 39.4 Å². The average molecular weight is 308 g/mol. The Kier molecular flexibility index (Phi) is 2.50. The number of ether oxygens (including phenoxy) is 1. The van der Waals surface area contributed by atoms with Crippen LogP contribution >= 0.6 is 22.9 Å². The van der Waals surface area contributed by atoms with Crippen LogP contribution in [0.1, 0.15) is 12.8 Å². The maximum absolute atomic E-state index is 5.23. The molecule has 3 saturated heterocycles. The highest BCUT2D eigenvalue weighted by molar-refractivity contribution is 14.1. The molecular weight excluding hydrogens is 291 g/mol. The van der Waals surface area contributed by atoms with Crippen LogP contribution in [0.3, 0.4) is 0 Å². The fourth-order valence-electron chi connectivity index (χ4n) is 2.78. The van der Waals surface area contributed by atoms with E-state index in [0.717, 1.165) is 19.3 Å². The summed E-state index contributed by atoms with van der Waals surface area (Å²) in [6.07, 6.45) is 2.81. The Balaban J connectivity index is 1.52.